The first-order valence-corrected chi connectivity index (χ1v) is 7.00. The molecule has 1 heterocycles. The molecular formula is C16H21FN2O. The Morgan fingerprint density at radius 1 is 1.30 bits per heavy atom. The van der Waals surface area contributed by atoms with Gasteiger partial charge >= 0.3 is 0 Å². The van der Waals surface area contributed by atoms with Gasteiger partial charge in [0.25, 0.3) is 0 Å². The van der Waals surface area contributed by atoms with Crippen molar-refractivity contribution >= 4 is 10.9 Å². The van der Waals surface area contributed by atoms with Crippen molar-refractivity contribution in [3.05, 3.63) is 41.8 Å². The Labute approximate surface area is 118 Å². The summed E-state index contributed by atoms with van der Waals surface area (Å²) in [5, 5.41) is 13.1. The molecule has 4 heteroatoms. The molecule has 1 atom stereocenters. The molecule has 3 nitrogen and oxygen atoms in total. The van der Waals surface area contributed by atoms with Gasteiger partial charge in [0.1, 0.15) is 5.82 Å². The monoisotopic (exact) mass is 276 g/mol. The third kappa shape index (κ3) is 3.32. The van der Waals surface area contributed by atoms with Gasteiger partial charge in [-0.2, -0.15) is 0 Å². The number of aliphatic hydroxyl groups excluding tert-OH is 1. The fourth-order valence-corrected chi connectivity index (χ4v) is 2.39. The number of nitrogens with zero attached hydrogens (tertiary/aromatic N) is 1. The Morgan fingerprint density at radius 2 is 2.10 bits per heavy atom. The van der Waals surface area contributed by atoms with E-state index in [4.69, 9.17) is 5.11 Å². The highest BCUT2D eigenvalue weighted by atomic mass is 19.1. The van der Waals surface area contributed by atoms with Gasteiger partial charge in [0.05, 0.1) is 5.52 Å². The average Bonchev–Trinajstić information content (AvgIpc) is 2.45. The van der Waals surface area contributed by atoms with Gasteiger partial charge in [-0.05, 0) is 36.1 Å². The van der Waals surface area contributed by atoms with Crippen LogP contribution in [0.4, 0.5) is 4.39 Å². The van der Waals surface area contributed by atoms with E-state index in [9.17, 15) is 4.39 Å². The van der Waals surface area contributed by atoms with E-state index in [0.717, 1.165) is 5.56 Å². The molecule has 0 bridgehead atoms. The highest BCUT2D eigenvalue weighted by molar-refractivity contribution is 5.82. The van der Waals surface area contributed by atoms with Crippen LogP contribution < -0.4 is 5.32 Å². The molecule has 2 aromatic rings. The summed E-state index contributed by atoms with van der Waals surface area (Å²) in [6.07, 6.45) is 2.39. The fourth-order valence-electron chi connectivity index (χ4n) is 2.39. The second-order valence-corrected chi connectivity index (χ2v) is 5.35. The molecule has 1 unspecified atom stereocenters. The summed E-state index contributed by atoms with van der Waals surface area (Å²) in [7, 11) is 0. The highest BCUT2D eigenvalue weighted by Gasteiger charge is 2.13. The number of benzene rings is 1. The molecule has 0 radical (unpaired) electrons. The first kappa shape index (κ1) is 14.9. The van der Waals surface area contributed by atoms with E-state index in [-0.39, 0.29) is 18.5 Å². The fraction of sp³-hybridized carbons (Fsp3) is 0.438. The summed E-state index contributed by atoms with van der Waals surface area (Å²) < 4.78 is 13.7. The van der Waals surface area contributed by atoms with E-state index in [2.05, 4.69) is 24.1 Å². The molecule has 0 aliphatic heterocycles. The van der Waals surface area contributed by atoms with Crippen molar-refractivity contribution in [1.82, 2.24) is 10.3 Å². The van der Waals surface area contributed by atoms with Crippen LogP contribution in [0.25, 0.3) is 10.9 Å². The van der Waals surface area contributed by atoms with Crippen LogP contribution in [0.2, 0.25) is 0 Å². The van der Waals surface area contributed by atoms with E-state index in [0.29, 0.717) is 29.8 Å². The predicted octanol–water partition coefficient (Wildman–Crippen LogP) is 2.87. The van der Waals surface area contributed by atoms with Crippen molar-refractivity contribution in [3.8, 4) is 0 Å². The van der Waals surface area contributed by atoms with E-state index < -0.39 is 0 Å². The Kier molecular flexibility index (Phi) is 5.04. The first-order chi connectivity index (χ1) is 9.63. The first-order valence-electron chi connectivity index (χ1n) is 7.00. The summed E-state index contributed by atoms with van der Waals surface area (Å²) in [5.41, 5.74) is 1.68. The van der Waals surface area contributed by atoms with E-state index >= 15 is 0 Å². The number of pyridine rings is 1. The van der Waals surface area contributed by atoms with Crippen LogP contribution in [0.1, 0.15) is 25.8 Å². The second kappa shape index (κ2) is 6.77. The van der Waals surface area contributed by atoms with Gasteiger partial charge in [-0.25, -0.2) is 4.39 Å². The average molecular weight is 276 g/mol. The number of nitrogens with one attached hydrogen (secondary N) is 1. The molecule has 0 saturated heterocycles. The number of hydrogen-bond acceptors (Lipinski definition) is 3. The van der Waals surface area contributed by atoms with Crippen molar-refractivity contribution in [1.29, 1.82) is 0 Å². The van der Waals surface area contributed by atoms with Crippen molar-refractivity contribution < 1.29 is 9.50 Å². The summed E-state index contributed by atoms with van der Waals surface area (Å²) >= 11 is 0. The van der Waals surface area contributed by atoms with E-state index in [1.54, 1.807) is 24.4 Å². The predicted molar refractivity (Wildman–Crippen MR) is 78.9 cm³/mol. The van der Waals surface area contributed by atoms with E-state index in [1.807, 2.05) is 0 Å². The van der Waals surface area contributed by atoms with Crippen molar-refractivity contribution in [2.24, 2.45) is 5.92 Å². The topological polar surface area (TPSA) is 45.1 Å². The summed E-state index contributed by atoms with van der Waals surface area (Å²) in [6.45, 7) is 5.03. The lowest BCUT2D eigenvalue weighted by molar-refractivity contribution is 0.244. The van der Waals surface area contributed by atoms with Gasteiger partial charge < -0.3 is 10.4 Å². The minimum atomic E-state index is -0.243. The molecule has 0 fully saturated rings. The molecule has 2 N–H and O–H groups in total. The van der Waals surface area contributed by atoms with Crippen LogP contribution in [0, 0.1) is 11.7 Å². The van der Waals surface area contributed by atoms with Gasteiger partial charge in [0.2, 0.25) is 0 Å². The minimum absolute atomic E-state index is 0.165. The van der Waals surface area contributed by atoms with Crippen LogP contribution in [-0.2, 0) is 6.54 Å². The second-order valence-electron chi connectivity index (χ2n) is 5.35. The van der Waals surface area contributed by atoms with Gasteiger partial charge in [0.15, 0.2) is 0 Å². The molecule has 1 aromatic carbocycles. The maximum Gasteiger partial charge on any atom is 0.132 e. The molecule has 0 spiro atoms. The maximum atomic E-state index is 13.7. The molecule has 0 aliphatic carbocycles. The van der Waals surface area contributed by atoms with Gasteiger partial charge in [-0.3, -0.25) is 4.98 Å². The van der Waals surface area contributed by atoms with Crippen LogP contribution >= 0.6 is 0 Å². The summed E-state index contributed by atoms with van der Waals surface area (Å²) in [4.78, 5) is 4.28. The third-order valence-corrected chi connectivity index (χ3v) is 3.60. The number of aromatic nitrogens is 1. The quantitative estimate of drug-likeness (QED) is 0.852. The molecule has 0 aliphatic rings. The zero-order valence-corrected chi connectivity index (χ0v) is 11.9. The lowest BCUT2D eigenvalue weighted by Crippen LogP contribution is -2.34. The smallest absolute Gasteiger partial charge is 0.132 e. The standard InChI is InChI=1S/C16H21FN2O/c1-11(2)15(7-9-20)19-10-12-5-6-14(17)13-4-3-8-18-16(12)13/h3-6,8,11,15,19-20H,7,9-10H2,1-2H3. The lowest BCUT2D eigenvalue weighted by atomic mass is 10.0. The number of fused-ring (bicyclic) bond motifs is 1. The molecule has 1 aromatic heterocycles. The molecular weight excluding hydrogens is 255 g/mol. The lowest BCUT2D eigenvalue weighted by Gasteiger charge is -2.22. The number of aliphatic hydroxyl groups is 1. The van der Waals surface area contributed by atoms with Crippen molar-refractivity contribution in [2.45, 2.75) is 32.9 Å². The molecule has 0 amide bonds. The summed E-state index contributed by atoms with van der Waals surface area (Å²) in [6, 6.07) is 6.98. The van der Waals surface area contributed by atoms with Crippen LogP contribution in [0.3, 0.4) is 0 Å². The Bertz CT molecular complexity index is 571. The number of halogens is 1. The molecule has 2 rings (SSSR count). The molecule has 20 heavy (non-hydrogen) atoms. The van der Waals surface area contributed by atoms with Gasteiger partial charge in [-0.1, -0.05) is 19.9 Å². The van der Waals surface area contributed by atoms with Crippen molar-refractivity contribution in [2.75, 3.05) is 6.61 Å². The molecule has 0 saturated carbocycles. The Balaban J connectivity index is 2.19. The Morgan fingerprint density at radius 3 is 2.80 bits per heavy atom. The zero-order chi connectivity index (χ0) is 14.5. The third-order valence-electron chi connectivity index (χ3n) is 3.60. The van der Waals surface area contributed by atoms with Crippen molar-refractivity contribution in [3.63, 3.8) is 0 Å². The van der Waals surface area contributed by atoms with Crippen LogP contribution in [0.5, 0.6) is 0 Å². The largest absolute Gasteiger partial charge is 0.396 e. The minimum Gasteiger partial charge on any atom is -0.396 e. The van der Waals surface area contributed by atoms with Crippen LogP contribution in [0.15, 0.2) is 30.5 Å². The SMILES string of the molecule is CC(C)C(CCO)NCc1ccc(F)c2cccnc12. The normalized spacial score (nSPS) is 13.1. The molecule has 108 valence electrons. The van der Waals surface area contributed by atoms with Gasteiger partial charge in [0, 0.05) is 30.8 Å². The van der Waals surface area contributed by atoms with Gasteiger partial charge in [-0.15, -0.1) is 0 Å². The highest BCUT2D eigenvalue weighted by Crippen LogP contribution is 2.20. The Hall–Kier alpha value is -1.52. The van der Waals surface area contributed by atoms with E-state index in [1.165, 1.54) is 6.07 Å². The zero-order valence-electron chi connectivity index (χ0n) is 11.9. The summed E-state index contributed by atoms with van der Waals surface area (Å²) in [5.74, 6) is 0.189. The number of rotatable bonds is 6. The van der Waals surface area contributed by atoms with Crippen LogP contribution in [-0.4, -0.2) is 22.7 Å². The number of hydrogen-bond donors (Lipinski definition) is 2. The maximum absolute atomic E-state index is 13.7.